The molecule has 0 aliphatic rings. The molecule has 0 bridgehead atoms. The van der Waals surface area contributed by atoms with Crippen LogP contribution in [0.3, 0.4) is 0 Å². The fraction of sp³-hybridized carbons (Fsp3) is 0.350. The summed E-state index contributed by atoms with van der Waals surface area (Å²) >= 11 is 12.4. The Morgan fingerprint density at radius 2 is 1.70 bits per heavy atom. The molecular weight excluding hydrogens is 387 g/mol. The summed E-state index contributed by atoms with van der Waals surface area (Å²) in [5, 5.41) is 22.3. The van der Waals surface area contributed by atoms with Gasteiger partial charge in [-0.2, -0.15) is 0 Å². The third kappa shape index (κ3) is 6.40. The van der Waals surface area contributed by atoms with E-state index in [9.17, 15) is 9.90 Å². The zero-order valence-electron chi connectivity index (χ0n) is 14.9. The molecule has 2 unspecified atom stereocenters. The molecule has 2 aromatic carbocycles. The van der Waals surface area contributed by atoms with Crippen LogP contribution in [0, 0.1) is 0 Å². The molecule has 2 atom stereocenters. The highest BCUT2D eigenvalue weighted by Crippen LogP contribution is 2.36. The third-order valence-corrected chi connectivity index (χ3v) is 5.14. The highest BCUT2D eigenvalue weighted by atomic mass is 35.5. The zero-order chi connectivity index (χ0) is 19.8. The second kappa shape index (κ2) is 10.5. The van der Waals surface area contributed by atoms with E-state index in [4.69, 9.17) is 34.0 Å². The first kappa shape index (κ1) is 21.5. The van der Waals surface area contributed by atoms with Gasteiger partial charge in [0.25, 0.3) is 0 Å². The van der Waals surface area contributed by atoms with Crippen LogP contribution >= 0.6 is 23.2 Å². The molecule has 7 heteroatoms. The van der Waals surface area contributed by atoms with Crippen LogP contribution < -0.4 is 11.1 Å². The van der Waals surface area contributed by atoms with Gasteiger partial charge in [0.1, 0.15) is 0 Å². The molecular formula is C20H24Cl2N2O3. The Hall–Kier alpha value is -1.79. The van der Waals surface area contributed by atoms with E-state index in [0.717, 1.165) is 11.1 Å². The third-order valence-electron chi connectivity index (χ3n) is 4.51. The number of benzene rings is 2. The van der Waals surface area contributed by atoms with Crippen LogP contribution in [0.5, 0.6) is 0 Å². The van der Waals surface area contributed by atoms with Gasteiger partial charge < -0.3 is 21.3 Å². The van der Waals surface area contributed by atoms with Crippen molar-refractivity contribution in [3.05, 3.63) is 63.6 Å². The fourth-order valence-corrected chi connectivity index (χ4v) is 3.65. The zero-order valence-corrected chi connectivity index (χ0v) is 16.4. The van der Waals surface area contributed by atoms with Crippen LogP contribution in [0.2, 0.25) is 10.0 Å². The number of rotatable bonds is 10. The van der Waals surface area contributed by atoms with Crippen LogP contribution in [0.25, 0.3) is 0 Å². The summed E-state index contributed by atoms with van der Waals surface area (Å²) in [5.41, 5.74) is 8.03. The Bertz CT molecular complexity index is 733. The molecule has 5 N–H and O–H groups in total. The van der Waals surface area contributed by atoms with Crippen molar-refractivity contribution in [2.75, 3.05) is 25.4 Å². The van der Waals surface area contributed by atoms with Gasteiger partial charge in [-0.1, -0.05) is 53.5 Å². The van der Waals surface area contributed by atoms with E-state index in [0.29, 0.717) is 35.2 Å². The monoisotopic (exact) mass is 410 g/mol. The molecule has 0 heterocycles. The Balaban J connectivity index is 2.32. The molecule has 2 rings (SSSR count). The van der Waals surface area contributed by atoms with Crippen molar-refractivity contribution >= 4 is 34.9 Å². The number of aliphatic hydroxyl groups excluding tert-OH is 1. The lowest BCUT2D eigenvalue weighted by molar-refractivity contribution is -0.137. The average Bonchev–Trinajstić information content (AvgIpc) is 2.64. The molecule has 0 saturated carbocycles. The van der Waals surface area contributed by atoms with Crippen molar-refractivity contribution in [2.24, 2.45) is 0 Å². The summed E-state index contributed by atoms with van der Waals surface area (Å²) in [6.45, 7) is 1.02. The van der Waals surface area contributed by atoms with E-state index >= 15 is 0 Å². The molecule has 0 radical (unpaired) electrons. The maximum Gasteiger partial charge on any atom is 0.303 e. The number of hydrogen-bond donors (Lipinski definition) is 4. The molecule has 0 amide bonds. The Morgan fingerprint density at radius 3 is 2.26 bits per heavy atom. The number of hydrogen-bond acceptors (Lipinski definition) is 4. The standard InChI is InChI=1S/C20H24Cl2N2O3/c21-17-9-15(10-18(22)20(17)23)16(12-24-6-7-25)8-14(11-19(26)27)13-4-2-1-3-5-13/h1-5,9-10,14,16,24-25H,6-8,11-12,23H2,(H,26,27). The summed E-state index contributed by atoms with van der Waals surface area (Å²) in [7, 11) is 0. The van der Waals surface area contributed by atoms with Gasteiger partial charge in [-0.05, 0) is 41.5 Å². The summed E-state index contributed by atoms with van der Waals surface area (Å²) in [4.78, 5) is 11.4. The number of aliphatic hydroxyl groups is 1. The predicted molar refractivity (Wildman–Crippen MR) is 110 cm³/mol. The molecule has 0 fully saturated rings. The number of nitrogens with two attached hydrogens (primary N) is 1. The molecule has 0 aliphatic carbocycles. The van der Waals surface area contributed by atoms with Crippen molar-refractivity contribution in [2.45, 2.75) is 24.7 Å². The van der Waals surface area contributed by atoms with Gasteiger partial charge in [0.15, 0.2) is 0 Å². The van der Waals surface area contributed by atoms with Crippen molar-refractivity contribution in [3.63, 3.8) is 0 Å². The molecule has 0 aromatic heterocycles. The lowest BCUT2D eigenvalue weighted by Crippen LogP contribution is -2.26. The SMILES string of the molecule is Nc1c(Cl)cc(C(CNCCO)CC(CC(=O)O)c2ccccc2)cc1Cl. The van der Waals surface area contributed by atoms with Gasteiger partial charge in [0.2, 0.25) is 0 Å². The Labute approximate surface area is 169 Å². The van der Waals surface area contributed by atoms with Crippen LogP contribution in [0.15, 0.2) is 42.5 Å². The topological polar surface area (TPSA) is 95.6 Å². The summed E-state index contributed by atoms with van der Waals surface area (Å²) in [6, 6.07) is 13.1. The van der Waals surface area contributed by atoms with Gasteiger partial charge in [0, 0.05) is 13.1 Å². The molecule has 5 nitrogen and oxygen atoms in total. The minimum atomic E-state index is -0.848. The van der Waals surface area contributed by atoms with Crippen molar-refractivity contribution in [3.8, 4) is 0 Å². The molecule has 0 aliphatic heterocycles. The summed E-state index contributed by atoms with van der Waals surface area (Å²) in [6.07, 6.45) is 0.613. The Kier molecular flexibility index (Phi) is 8.38. The van der Waals surface area contributed by atoms with Gasteiger partial charge in [0.05, 0.1) is 28.8 Å². The number of halogens is 2. The Morgan fingerprint density at radius 1 is 1.07 bits per heavy atom. The lowest BCUT2D eigenvalue weighted by Gasteiger charge is -2.24. The first-order valence-corrected chi connectivity index (χ1v) is 9.50. The van der Waals surface area contributed by atoms with E-state index in [2.05, 4.69) is 5.32 Å². The number of carboxylic acids is 1. The molecule has 146 valence electrons. The van der Waals surface area contributed by atoms with Crippen molar-refractivity contribution in [1.82, 2.24) is 5.32 Å². The van der Waals surface area contributed by atoms with Gasteiger partial charge in [-0.15, -0.1) is 0 Å². The van der Waals surface area contributed by atoms with Crippen LogP contribution in [0.1, 0.15) is 35.8 Å². The second-order valence-corrected chi connectivity index (χ2v) is 7.28. The minimum absolute atomic E-state index is 0.0210. The van der Waals surface area contributed by atoms with E-state index in [1.165, 1.54) is 0 Å². The van der Waals surface area contributed by atoms with Crippen molar-refractivity contribution < 1.29 is 15.0 Å². The fourth-order valence-electron chi connectivity index (χ4n) is 3.15. The van der Waals surface area contributed by atoms with E-state index < -0.39 is 5.97 Å². The average molecular weight is 411 g/mol. The first-order valence-electron chi connectivity index (χ1n) is 8.75. The largest absolute Gasteiger partial charge is 0.481 e. The minimum Gasteiger partial charge on any atom is -0.481 e. The molecule has 0 saturated heterocycles. The van der Waals surface area contributed by atoms with E-state index in [1.54, 1.807) is 12.1 Å². The molecule has 2 aromatic rings. The van der Waals surface area contributed by atoms with Gasteiger partial charge >= 0.3 is 5.97 Å². The smallest absolute Gasteiger partial charge is 0.303 e. The molecule has 27 heavy (non-hydrogen) atoms. The number of carboxylic acid groups (broad SMARTS) is 1. The summed E-state index contributed by atoms with van der Waals surface area (Å²) < 4.78 is 0. The van der Waals surface area contributed by atoms with Crippen LogP contribution in [-0.2, 0) is 4.79 Å². The highest BCUT2D eigenvalue weighted by Gasteiger charge is 2.23. The number of nitrogens with one attached hydrogen (secondary N) is 1. The van der Waals surface area contributed by atoms with Crippen molar-refractivity contribution in [1.29, 1.82) is 0 Å². The normalized spacial score (nSPS) is 13.3. The summed E-state index contributed by atoms with van der Waals surface area (Å²) in [5.74, 6) is -1.06. The van der Waals surface area contributed by atoms with E-state index in [1.807, 2.05) is 30.3 Å². The second-order valence-electron chi connectivity index (χ2n) is 6.46. The number of anilines is 1. The number of carbonyl (C=O) groups is 1. The number of aliphatic carboxylic acids is 1. The van der Waals surface area contributed by atoms with Crippen LogP contribution in [-0.4, -0.2) is 35.9 Å². The van der Waals surface area contributed by atoms with E-state index in [-0.39, 0.29) is 24.9 Å². The quantitative estimate of drug-likeness (QED) is 0.352. The number of nitrogen functional groups attached to an aromatic ring is 1. The first-order chi connectivity index (χ1) is 12.9. The highest BCUT2D eigenvalue weighted by molar-refractivity contribution is 6.38. The molecule has 0 spiro atoms. The van der Waals surface area contributed by atoms with Crippen LogP contribution in [0.4, 0.5) is 5.69 Å². The lowest BCUT2D eigenvalue weighted by atomic mass is 9.83. The maximum atomic E-state index is 11.4. The van der Waals surface area contributed by atoms with Gasteiger partial charge in [-0.3, -0.25) is 4.79 Å². The van der Waals surface area contributed by atoms with Gasteiger partial charge in [-0.25, -0.2) is 0 Å². The predicted octanol–water partition coefficient (Wildman–Crippen LogP) is 3.89. The maximum absolute atomic E-state index is 11.4.